The molecule has 0 radical (unpaired) electrons. The van der Waals surface area contributed by atoms with Gasteiger partial charge in [0.2, 0.25) is 0 Å². The highest BCUT2D eigenvalue weighted by Crippen LogP contribution is 2.18. The number of carbonyl (C=O) groups is 1. The predicted molar refractivity (Wildman–Crippen MR) is 73.6 cm³/mol. The van der Waals surface area contributed by atoms with Crippen LogP contribution in [-0.4, -0.2) is 49.2 Å². The molecule has 4 heteroatoms. The van der Waals surface area contributed by atoms with Gasteiger partial charge in [0.1, 0.15) is 6.04 Å². The Balaban J connectivity index is 2.69. The standard InChI is InChI=1S/C14H28N2O2/c1-4-7-12(8-5-2)16-10-9-15-11-13(16)14(17)18-6-3/h12-13,15H,4-11H2,1-3H3. The van der Waals surface area contributed by atoms with Crippen molar-refractivity contribution in [1.82, 2.24) is 10.2 Å². The summed E-state index contributed by atoms with van der Waals surface area (Å²) in [6, 6.07) is 0.429. The normalized spacial score (nSPS) is 21.2. The van der Waals surface area contributed by atoms with Crippen molar-refractivity contribution in [2.75, 3.05) is 26.2 Å². The fraction of sp³-hybridized carbons (Fsp3) is 0.929. The van der Waals surface area contributed by atoms with Gasteiger partial charge in [-0.05, 0) is 19.8 Å². The minimum atomic E-state index is -0.0956. The van der Waals surface area contributed by atoms with Crippen molar-refractivity contribution >= 4 is 5.97 Å². The van der Waals surface area contributed by atoms with Gasteiger partial charge in [-0.2, -0.15) is 0 Å². The summed E-state index contributed by atoms with van der Waals surface area (Å²) < 4.78 is 5.20. The molecule has 18 heavy (non-hydrogen) atoms. The van der Waals surface area contributed by atoms with Gasteiger partial charge in [0.25, 0.3) is 0 Å². The summed E-state index contributed by atoms with van der Waals surface area (Å²) in [6.45, 7) is 9.41. The molecule has 0 saturated carbocycles. The van der Waals surface area contributed by atoms with Crippen molar-refractivity contribution < 1.29 is 9.53 Å². The highest BCUT2D eigenvalue weighted by Gasteiger charge is 2.33. The Kier molecular flexibility index (Phi) is 7.28. The molecule has 0 spiro atoms. The van der Waals surface area contributed by atoms with Crippen LogP contribution in [0.25, 0.3) is 0 Å². The lowest BCUT2D eigenvalue weighted by Crippen LogP contribution is -2.58. The fourth-order valence-corrected chi connectivity index (χ4v) is 2.76. The third-order valence-corrected chi connectivity index (χ3v) is 3.56. The average molecular weight is 256 g/mol. The molecule has 1 rings (SSSR count). The number of hydrogen-bond donors (Lipinski definition) is 1. The Hall–Kier alpha value is -0.610. The van der Waals surface area contributed by atoms with E-state index in [1.807, 2.05) is 6.92 Å². The van der Waals surface area contributed by atoms with Gasteiger partial charge >= 0.3 is 5.97 Å². The third-order valence-electron chi connectivity index (χ3n) is 3.56. The molecule has 4 nitrogen and oxygen atoms in total. The molecule has 106 valence electrons. The fourth-order valence-electron chi connectivity index (χ4n) is 2.76. The molecule has 0 aromatic heterocycles. The van der Waals surface area contributed by atoms with E-state index < -0.39 is 0 Å². The molecule has 1 aliphatic rings. The van der Waals surface area contributed by atoms with Crippen LogP contribution >= 0.6 is 0 Å². The zero-order chi connectivity index (χ0) is 13.4. The van der Waals surface area contributed by atoms with Gasteiger partial charge in [-0.1, -0.05) is 26.7 Å². The Labute approximate surface area is 111 Å². The Bertz CT molecular complexity index is 240. The minimum absolute atomic E-state index is 0.0677. The zero-order valence-corrected chi connectivity index (χ0v) is 12.1. The smallest absolute Gasteiger partial charge is 0.324 e. The van der Waals surface area contributed by atoms with Gasteiger partial charge in [-0.3, -0.25) is 9.69 Å². The van der Waals surface area contributed by atoms with Crippen LogP contribution in [0, 0.1) is 0 Å². The van der Waals surface area contributed by atoms with Crippen molar-refractivity contribution in [3.63, 3.8) is 0 Å². The van der Waals surface area contributed by atoms with Gasteiger partial charge in [0.15, 0.2) is 0 Å². The molecule has 1 N–H and O–H groups in total. The van der Waals surface area contributed by atoms with Crippen molar-refractivity contribution in [2.24, 2.45) is 0 Å². The first-order valence-electron chi connectivity index (χ1n) is 7.37. The number of nitrogens with one attached hydrogen (secondary N) is 1. The maximum absolute atomic E-state index is 12.0. The molecule has 0 aromatic rings. The summed E-state index contributed by atoms with van der Waals surface area (Å²) in [7, 11) is 0. The number of rotatable bonds is 7. The van der Waals surface area contributed by atoms with E-state index in [2.05, 4.69) is 24.1 Å². The molecule has 0 amide bonds. The van der Waals surface area contributed by atoms with Crippen molar-refractivity contribution in [1.29, 1.82) is 0 Å². The van der Waals surface area contributed by atoms with Crippen molar-refractivity contribution in [2.45, 2.75) is 58.5 Å². The first-order valence-corrected chi connectivity index (χ1v) is 7.37. The van der Waals surface area contributed by atoms with Gasteiger partial charge in [0, 0.05) is 25.7 Å². The van der Waals surface area contributed by atoms with E-state index in [1.54, 1.807) is 0 Å². The lowest BCUT2D eigenvalue weighted by molar-refractivity contribution is -0.151. The Morgan fingerprint density at radius 2 is 2.00 bits per heavy atom. The molecule has 1 fully saturated rings. The molecule has 0 aromatic carbocycles. The van der Waals surface area contributed by atoms with E-state index in [0.29, 0.717) is 12.6 Å². The van der Waals surface area contributed by atoms with Gasteiger partial charge in [0.05, 0.1) is 6.61 Å². The molecular formula is C14H28N2O2. The van der Waals surface area contributed by atoms with E-state index in [-0.39, 0.29) is 12.0 Å². The highest BCUT2D eigenvalue weighted by molar-refractivity contribution is 5.76. The Morgan fingerprint density at radius 1 is 1.33 bits per heavy atom. The van der Waals surface area contributed by atoms with E-state index in [0.717, 1.165) is 19.6 Å². The number of hydrogen-bond acceptors (Lipinski definition) is 4. The first-order chi connectivity index (χ1) is 8.74. The second kappa shape index (κ2) is 8.48. The molecule has 1 aliphatic heterocycles. The summed E-state index contributed by atoms with van der Waals surface area (Å²) >= 11 is 0. The van der Waals surface area contributed by atoms with Crippen LogP contribution in [0.15, 0.2) is 0 Å². The van der Waals surface area contributed by atoms with Crippen molar-refractivity contribution in [3.05, 3.63) is 0 Å². The largest absolute Gasteiger partial charge is 0.465 e. The van der Waals surface area contributed by atoms with E-state index in [4.69, 9.17) is 4.74 Å². The van der Waals surface area contributed by atoms with Crippen LogP contribution in [0.4, 0.5) is 0 Å². The lowest BCUT2D eigenvalue weighted by Gasteiger charge is -2.40. The average Bonchev–Trinajstić information content (AvgIpc) is 2.39. The minimum Gasteiger partial charge on any atom is -0.465 e. The van der Waals surface area contributed by atoms with E-state index >= 15 is 0 Å². The molecular weight excluding hydrogens is 228 g/mol. The quantitative estimate of drug-likeness (QED) is 0.705. The van der Waals surface area contributed by atoms with E-state index in [1.165, 1.54) is 25.7 Å². The number of esters is 1. The summed E-state index contributed by atoms with van der Waals surface area (Å²) in [4.78, 5) is 14.4. The van der Waals surface area contributed by atoms with Crippen LogP contribution in [0.2, 0.25) is 0 Å². The topological polar surface area (TPSA) is 41.6 Å². The predicted octanol–water partition coefficient (Wildman–Crippen LogP) is 1.79. The molecule has 0 aliphatic carbocycles. The second-order valence-corrected chi connectivity index (χ2v) is 4.94. The van der Waals surface area contributed by atoms with Gasteiger partial charge in [-0.15, -0.1) is 0 Å². The number of ether oxygens (including phenoxy) is 1. The summed E-state index contributed by atoms with van der Waals surface area (Å²) in [5.74, 6) is -0.0677. The molecule has 1 atom stereocenters. The first kappa shape index (κ1) is 15.4. The second-order valence-electron chi connectivity index (χ2n) is 4.94. The van der Waals surface area contributed by atoms with Crippen LogP contribution in [-0.2, 0) is 9.53 Å². The van der Waals surface area contributed by atoms with Crippen LogP contribution in [0.5, 0.6) is 0 Å². The van der Waals surface area contributed by atoms with Crippen molar-refractivity contribution in [3.8, 4) is 0 Å². The summed E-state index contributed by atoms with van der Waals surface area (Å²) in [6.07, 6.45) is 4.68. The van der Waals surface area contributed by atoms with Crippen LogP contribution in [0.1, 0.15) is 46.5 Å². The van der Waals surface area contributed by atoms with Crippen LogP contribution < -0.4 is 5.32 Å². The Morgan fingerprint density at radius 3 is 2.56 bits per heavy atom. The molecule has 1 unspecified atom stereocenters. The van der Waals surface area contributed by atoms with Gasteiger partial charge < -0.3 is 10.1 Å². The maximum atomic E-state index is 12.0. The van der Waals surface area contributed by atoms with Gasteiger partial charge in [-0.25, -0.2) is 0 Å². The monoisotopic (exact) mass is 256 g/mol. The number of piperazine rings is 1. The zero-order valence-electron chi connectivity index (χ0n) is 12.1. The van der Waals surface area contributed by atoms with Crippen LogP contribution in [0.3, 0.4) is 0 Å². The SMILES string of the molecule is CCCC(CCC)N1CCNCC1C(=O)OCC. The summed E-state index contributed by atoms with van der Waals surface area (Å²) in [5, 5.41) is 3.30. The summed E-state index contributed by atoms with van der Waals surface area (Å²) in [5.41, 5.74) is 0. The molecule has 1 heterocycles. The van der Waals surface area contributed by atoms with E-state index in [9.17, 15) is 4.79 Å². The number of carbonyl (C=O) groups excluding carboxylic acids is 1. The number of nitrogens with zero attached hydrogens (tertiary/aromatic N) is 1. The maximum Gasteiger partial charge on any atom is 0.324 e. The lowest BCUT2D eigenvalue weighted by atomic mass is 10.0. The third kappa shape index (κ3) is 4.25. The highest BCUT2D eigenvalue weighted by atomic mass is 16.5. The molecule has 0 bridgehead atoms. The molecule has 1 saturated heterocycles.